The summed E-state index contributed by atoms with van der Waals surface area (Å²) in [6.07, 6.45) is 0. The van der Waals surface area contributed by atoms with Crippen molar-refractivity contribution in [3.63, 3.8) is 0 Å². The monoisotopic (exact) mass is 145 g/mol. The Hall–Kier alpha value is -1.17. The van der Waals surface area contributed by atoms with Gasteiger partial charge in [0.2, 0.25) is 10.1 Å². The molecular formula is C3H3N3O2S. The Kier molecular flexibility index (Phi) is 1.31. The molecule has 9 heavy (non-hydrogen) atoms. The number of aromatic carboxylic acids is 1. The van der Waals surface area contributed by atoms with Crippen molar-refractivity contribution >= 4 is 22.4 Å². The van der Waals surface area contributed by atoms with E-state index in [2.05, 4.69) is 10.2 Å². The van der Waals surface area contributed by atoms with Gasteiger partial charge in [0.25, 0.3) is 0 Å². The topological polar surface area (TPSA) is 89.1 Å². The Labute approximate surface area is 54.1 Å². The van der Waals surface area contributed by atoms with Gasteiger partial charge in [0.15, 0.2) is 0 Å². The van der Waals surface area contributed by atoms with Crippen LogP contribution < -0.4 is 5.73 Å². The highest BCUT2D eigenvalue weighted by Crippen LogP contribution is 2.09. The van der Waals surface area contributed by atoms with Gasteiger partial charge in [0.05, 0.1) is 0 Å². The minimum atomic E-state index is -1.09. The van der Waals surface area contributed by atoms with Gasteiger partial charge < -0.3 is 10.8 Å². The third-order valence-electron chi connectivity index (χ3n) is 0.624. The molecule has 0 saturated carbocycles. The third kappa shape index (κ3) is 1.14. The number of nitrogens with two attached hydrogens (primary N) is 1. The second-order valence-corrected chi connectivity index (χ2v) is 2.26. The van der Waals surface area contributed by atoms with Gasteiger partial charge in [-0.15, -0.1) is 10.2 Å². The molecule has 48 valence electrons. The molecule has 0 unspecified atom stereocenters. The van der Waals surface area contributed by atoms with Crippen LogP contribution in [0.4, 0.5) is 5.13 Å². The second-order valence-electron chi connectivity index (χ2n) is 1.25. The Bertz CT molecular complexity index is 233. The molecule has 3 N–H and O–H groups in total. The van der Waals surface area contributed by atoms with E-state index in [9.17, 15) is 4.79 Å². The zero-order valence-electron chi connectivity index (χ0n) is 4.24. The van der Waals surface area contributed by atoms with Crippen molar-refractivity contribution in [1.82, 2.24) is 10.2 Å². The van der Waals surface area contributed by atoms with Crippen LogP contribution in [0, 0.1) is 0 Å². The molecule has 0 amide bonds. The van der Waals surface area contributed by atoms with Crippen molar-refractivity contribution in [1.29, 1.82) is 0 Å². The normalized spacial score (nSPS) is 9.33. The van der Waals surface area contributed by atoms with Crippen LogP contribution in [0.25, 0.3) is 0 Å². The average molecular weight is 145 g/mol. The zero-order valence-corrected chi connectivity index (χ0v) is 5.05. The molecule has 0 aromatic carbocycles. The van der Waals surface area contributed by atoms with E-state index >= 15 is 0 Å². The van der Waals surface area contributed by atoms with Crippen LogP contribution >= 0.6 is 11.3 Å². The summed E-state index contributed by atoms with van der Waals surface area (Å²) < 4.78 is 0. The van der Waals surface area contributed by atoms with Crippen LogP contribution in [0.1, 0.15) is 9.80 Å². The van der Waals surface area contributed by atoms with Crippen molar-refractivity contribution in [2.24, 2.45) is 0 Å². The van der Waals surface area contributed by atoms with Gasteiger partial charge in [-0.3, -0.25) is 0 Å². The lowest BCUT2D eigenvalue weighted by Gasteiger charge is -1.75. The molecule has 0 spiro atoms. The van der Waals surface area contributed by atoms with Gasteiger partial charge >= 0.3 is 5.97 Å². The first-order valence-electron chi connectivity index (χ1n) is 2.02. The number of anilines is 1. The molecule has 0 aliphatic rings. The van der Waals surface area contributed by atoms with Gasteiger partial charge in [0.1, 0.15) is 0 Å². The predicted octanol–water partition coefficient (Wildman–Crippen LogP) is -0.181. The Morgan fingerprint density at radius 1 is 1.67 bits per heavy atom. The lowest BCUT2D eigenvalue weighted by molar-refractivity contribution is 0.0695. The summed E-state index contributed by atoms with van der Waals surface area (Å²) in [4.78, 5) is 10.1. The number of rotatable bonds is 1. The molecular weight excluding hydrogens is 142 g/mol. The summed E-state index contributed by atoms with van der Waals surface area (Å²) >= 11 is 0.852. The Morgan fingerprint density at radius 2 is 2.33 bits per heavy atom. The fraction of sp³-hybridized carbons (Fsp3) is 0. The van der Waals surface area contributed by atoms with Crippen molar-refractivity contribution in [3.8, 4) is 0 Å². The maximum absolute atomic E-state index is 10.1. The van der Waals surface area contributed by atoms with E-state index < -0.39 is 5.97 Å². The van der Waals surface area contributed by atoms with Gasteiger partial charge in [0, 0.05) is 0 Å². The molecule has 1 aromatic heterocycles. The first-order valence-corrected chi connectivity index (χ1v) is 2.84. The van der Waals surface area contributed by atoms with E-state index in [4.69, 9.17) is 10.8 Å². The molecule has 1 aromatic rings. The largest absolute Gasteiger partial charge is 0.476 e. The van der Waals surface area contributed by atoms with Crippen LogP contribution in [0.5, 0.6) is 0 Å². The number of aromatic nitrogens is 2. The number of nitrogen functional groups attached to an aromatic ring is 1. The Balaban J connectivity index is 2.98. The average Bonchev–Trinajstić information content (AvgIpc) is 2.14. The third-order valence-corrected chi connectivity index (χ3v) is 1.36. The van der Waals surface area contributed by atoms with E-state index in [1.54, 1.807) is 0 Å². The molecule has 0 aliphatic carbocycles. The minimum absolute atomic E-state index is 0.0764. The van der Waals surface area contributed by atoms with E-state index in [-0.39, 0.29) is 10.1 Å². The highest BCUT2D eigenvalue weighted by atomic mass is 32.1. The number of carbonyl (C=O) groups is 1. The van der Waals surface area contributed by atoms with Gasteiger partial charge in [-0.1, -0.05) is 11.3 Å². The second kappa shape index (κ2) is 1.98. The minimum Gasteiger partial charge on any atom is -0.476 e. The summed E-state index contributed by atoms with van der Waals surface area (Å²) in [6, 6.07) is 0. The molecule has 1 rings (SSSR count). The first-order chi connectivity index (χ1) is 4.20. The van der Waals surface area contributed by atoms with Crippen LogP contribution in [0.2, 0.25) is 0 Å². The highest BCUT2D eigenvalue weighted by Gasteiger charge is 2.07. The van der Waals surface area contributed by atoms with Gasteiger partial charge in [-0.05, 0) is 0 Å². The van der Waals surface area contributed by atoms with E-state index in [0.717, 1.165) is 11.3 Å². The van der Waals surface area contributed by atoms with Crippen molar-refractivity contribution in [2.75, 3.05) is 5.73 Å². The highest BCUT2D eigenvalue weighted by molar-refractivity contribution is 7.16. The smallest absolute Gasteiger partial charge is 0.367 e. The molecule has 5 nitrogen and oxygen atoms in total. The van der Waals surface area contributed by atoms with Crippen LogP contribution in [-0.2, 0) is 0 Å². The van der Waals surface area contributed by atoms with Crippen molar-refractivity contribution in [3.05, 3.63) is 5.01 Å². The number of carboxylic acid groups (broad SMARTS) is 1. The molecule has 0 bridgehead atoms. The van der Waals surface area contributed by atoms with Gasteiger partial charge in [-0.2, -0.15) is 0 Å². The number of hydrogen-bond acceptors (Lipinski definition) is 5. The van der Waals surface area contributed by atoms with E-state index in [1.807, 2.05) is 0 Å². The summed E-state index contributed by atoms with van der Waals surface area (Å²) in [5.41, 5.74) is 5.10. The lowest BCUT2D eigenvalue weighted by Crippen LogP contribution is -1.93. The Morgan fingerprint density at radius 3 is 2.56 bits per heavy atom. The predicted molar refractivity (Wildman–Crippen MR) is 31.3 cm³/mol. The molecule has 6 heteroatoms. The molecule has 0 atom stereocenters. The number of hydrogen-bond donors (Lipinski definition) is 2. The number of carboxylic acids is 1. The standard InChI is InChI=1S/C3H3N3O2S/c4-3-6-5-1(9-3)2(7)8/h(H2,4,6)(H,7,8). The van der Waals surface area contributed by atoms with Crippen molar-refractivity contribution < 1.29 is 9.90 Å². The van der Waals surface area contributed by atoms with E-state index in [1.165, 1.54) is 0 Å². The van der Waals surface area contributed by atoms with Crippen LogP contribution in [-0.4, -0.2) is 21.3 Å². The zero-order chi connectivity index (χ0) is 6.85. The molecule has 1 heterocycles. The summed E-state index contributed by atoms with van der Waals surface area (Å²) in [6.45, 7) is 0. The van der Waals surface area contributed by atoms with Crippen molar-refractivity contribution in [2.45, 2.75) is 0 Å². The summed E-state index contributed by atoms with van der Waals surface area (Å²) in [7, 11) is 0. The SMILES string of the molecule is Nc1nnc(C(=O)O)s1. The molecule has 0 radical (unpaired) electrons. The number of nitrogens with zero attached hydrogens (tertiary/aromatic N) is 2. The summed E-state index contributed by atoms with van der Waals surface area (Å²) in [5.74, 6) is -1.09. The molecule has 0 saturated heterocycles. The summed E-state index contributed by atoms with van der Waals surface area (Å²) in [5, 5.41) is 14.9. The molecule has 0 fully saturated rings. The molecule has 0 aliphatic heterocycles. The van der Waals surface area contributed by atoms with Crippen LogP contribution in [0.3, 0.4) is 0 Å². The maximum atomic E-state index is 10.1. The van der Waals surface area contributed by atoms with Crippen LogP contribution in [0.15, 0.2) is 0 Å². The lowest BCUT2D eigenvalue weighted by atomic mass is 10.7. The fourth-order valence-electron chi connectivity index (χ4n) is 0.321. The first kappa shape index (κ1) is 5.96. The van der Waals surface area contributed by atoms with Gasteiger partial charge in [-0.25, -0.2) is 4.79 Å². The fourth-order valence-corrected chi connectivity index (χ4v) is 0.770. The quantitative estimate of drug-likeness (QED) is 0.572. The van der Waals surface area contributed by atoms with E-state index in [0.29, 0.717) is 0 Å². The maximum Gasteiger partial charge on any atom is 0.367 e.